The van der Waals surface area contributed by atoms with Crippen LogP contribution in [-0.2, 0) is 4.74 Å². The van der Waals surface area contributed by atoms with E-state index in [-0.39, 0.29) is 12.0 Å². The number of nitrogens with zero attached hydrogens (tertiary/aromatic N) is 1. The molecule has 0 aromatic heterocycles. The fraction of sp³-hybridized carbons (Fsp3) is 0.273. The van der Waals surface area contributed by atoms with Crippen molar-refractivity contribution < 1.29 is 4.74 Å². The summed E-state index contributed by atoms with van der Waals surface area (Å²) in [5.74, 6) is 0.143. The molecule has 1 rings (SSSR count). The normalized spacial score (nSPS) is 9.57. The molecule has 3 nitrogen and oxygen atoms in total. The molecule has 0 radical (unpaired) electrons. The Hall–Kier alpha value is -1.82. The number of rotatable bonds is 2. The predicted molar refractivity (Wildman–Crippen MR) is 54.2 cm³/mol. The molecule has 3 heteroatoms. The monoisotopic (exact) mass is 188 g/mol. The van der Waals surface area contributed by atoms with Gasteiger partial charge in [-0.05, 0) is 38.1 Å². The van der Waals surface area contributed by atoms with E-state index in [4.69, 9.17) is 15.4 Å². The first-order valence-electron chi connectivity index (χ1n) is 4.39. The first-order chi connectivity index (χ1) is 6.63. The van der Waals surface area contributed by atoms with Crippen LogP contribution in [0, 0.1) is 16.7 Å². The lowest BCUT2D eigenvalue weighted by atomic mass is 10.1. The second-order valence-corrected chi connectivity index (χ2v) is 3.18. The molecule has 0 spiro atoms. The second kappa shape index (κ2) is 4.43. The maximum atomic E-state index is 8.58. The highest BCUT2D eigenvalue weighted by Crippen LogP contribution is 2.06. The molecule has 0 aliphatic rings. The van der Waals surface area contributed by atoms with Gasteiger partial charge in [-0.25, -0.2) is 0 Å². The largest absolute Gasteiger partial charge is 0.475 e. The van der Waals surface area contributed by atoms with Gasteiger partial charge in [-0.1, -0.05) is 0 Å². The van der Waals surface area contributed by atoms with Crippen molar-refractivity contribution in [2.24, 2.45) is 0 Å². The minimum atomic E-state index is -0.00172. The van der Waals surface area contributed by atoms with Crippen LogP contribution in [0.15, 0.2) is 24.3 Å². The Labute approximate surface area is 83.4 Å². The lowest BCUT2D eigenvalue weighted by molar-refractivity contribution is 0.227. The van der Waals surface area contributed by atoms with E-state index in [9.17, 15) is 0 Å². The van der Waals surface area contributed by atoms with Crippen LogP contribution in [-0.4, -0.2) is 12.0 Å². The van der Waals surface area contributed by atoms with E-state index in [2.05, 4.69) is 0 Å². The summed E-state index contributed by atoms with van der Waals surface area (Å²) in [6.45, 7) is 3.75. The van der Waals surface area contributed by atoms with E-state index < -0.39 is 0 Å². The van der Waals surface area contributed by atoms with Crippen molar-refractivity contribution in [3.05, 3.63) is 35.4 Å². The van der Waals surface area contributed by atoms with Crippen LogP contribution in [0.4, 0.5) is 0 Å². The smallest absolute Gasteiger partial charge is 0.213 e. The number of nitrogens with one attached hydrogen (secondary N) is 1. The van der Waals surface area contributed by atoms with Crippen LogP contribution in [0.25, 0.3) is 0 Å². The third-order valence-electron chi connectivity index (χ3n) is 1.63. The molecule has 0 saturated carbocycles. The third kappa shape index (κ3) is 2.60. The zero-order chi connectivity index (χ0) is 10.6. The molecule has 72 valence electrons. The Kier molecular flexibility index (Phi) is 3.24. The average Bonchev–Trinajstić information content (AvgIpc) is 2.17. The molecule has 0 aliphatic carbocycles. The first-order valence-corrected chi connectivity index (χ1v) is 4.39. The minimum Gasteiger partial charge on any atom is -0.475 e. The summed E-state index contributed by atoms with van der Waals surface area (Å²) in [5.41, 5.74) is 1.28. The second-order valence-electron chi connectivity index (χ2n) is 3.18. The minimum absolute atomic E-state index is 0.00172. The maximum Gasteiger partial charge on any atom is 0.213 e. The van der Waals surface area contributed by atoms with Gasteiger partial charge in [0.15, 0.2) is 0 Å². The molecule has 0 amide bonds. The van der Waals surface area contributed by atoms with E-state index in [1.54, 1.807) is 24.3 Å². The fourth-order valence-corrected chi connectivity index (χ4v) is 1.000. The predicted octanol–water partition coefficient (Wildman–Crippen LogP) is 2.31. The number of benzene rings is 1. The SMILES string of the molecule is CC(C)OC(=N)c1ccc(C#N)cc1. The molecule has 0 aliphatic heterocycles. The lowest BCUT2D eigenvalue weighted by Gasteiger charge is -2.10. The lowest BCUT2D eigenvalue weighted by Crippen LogP contribution is -2.11. The molecule has 0 heterocycles. The Morgan fingerprint density at radius 2 is 1.93 bits per heavy atom. The molecule has 0 fully saturated rings. The van der Waals surface area contributed by atoms with Crippen LogP contribution in [0.3, 0.4) is 0 Å². The molecular weight excluding hydrogens is 176 g/mol. The van der Waals surface area contributed by atoms with Gasteiger partial charge in [0.25, 0.3) is 0 Å². The first kappa shape index (κ1) is 10.3. The zero-order valence-electron chi connectivity index (χ0n) is 8.24. The highest BCUT2D eigenvalue weighted by molar-refractivity contribution is 5.91. The van der Waals surface area contributed by atoms with Crippen LogP contribution in [0.1, 0.15) is 25.0 Å². The van der Waals surface area contributed by atoms with Crippen molar-refractivity contribution >= 4 is 5.90 Å². The van der Waals surface area contributed by atoms with Crippen LogP contribution < -0.4 is 0 Å². The highest BCUT2D eigenvalue weighted by Gasteiger charge is 2.04. The van der Waals surface area contributed by atoms with Crippen LogP contribution in [0.2, 0.25) is 0 Å². The fourth-order valence-electron chi connectivity index (χ4n) is 1.000. The Balaban J connectivity index is 2.78. The van der Waals surface area contributed by atoms with Crippen molar-refractivity contribution in [2.75, 3.05) is 0 Å². The molecule has 0 bridgehead atoms. The van der Waals surface area contributed by atoms with E-state index in [0.717, 1.165) is 0 Å². The number of nitriles is 1. The summed E-state index contributed by atoms with van der Waals surface area (Å²) in [5, 5.41) is 16.2. The van der Waals surface area contributed by atoms with Gasteiger partial charge in [0.1, 0.15) is 0 Å². The van der Waals surface area contributed by atoms with E-state index in [1.165, 1.54) is 0 Å². The number of hydrogen-bond acceptors (Lipinski definition) is 3. The third-order valence-corrected chi connectivity index (χ3v) is 1.63. The molecule has 1 aromatic rings. The summed E-state index contributed by atoms with van der Waals surface area (Å²) >= 11 is 0. The van der Waals surface area contributed by atoms with Gasteiger partial charge in [-0.15, -0.1) is 0 Å². The quantitative estimate of drug-likeness (QED) is 0.572. The summed E-state index contributed by atoms with van der Waals surface area (Å²) in [4.78, 5) is 0. The average molecular weight is 188 g/mol. The summed E-state index contributed by atoms with van der Waals surface area (Å²) in [6.07, 6.45) is -0.00172. The standard InChI is InChI=1S/C11H12N2O/c1-8(2)14-11(13)10-5-3-9(7-12)4-6-10/h3-6,8,13H,1-2H3. The summed E-state index contributed by atoms with van der Waals surface area (Å²) in [6, 6.07) is 8.79. The van der Waals surface area contributed by atoms with Crippen LogP contribution >= 0.6 is 0 Å². The zero-order valence-corrected chi connectivity index (χ0v) is 8.24. The van der Waals surface area contributed by atoms with Gasteiger partial charge < -0.3 is 4.74 Å². The van der Waals surface area contributed by atoms with Crippen molar-refractivity contribution in [3.63, 3.8) is 0 Å². The Morgan fingerprint density at radius 1 is 1.36 bits per heavy atom. The molecule has 1 aromatic carbocycles. The maximum absolute atomic E-state index is 8.58. The van der Waals surface area contributed by atoms with Crippen molar-refractivity contribution in [1.82, 2.24) is 0 Å². The van der Waals surface area contributed by atoms with Crippen molar-refractivity contribution in [1.29, 1.82) is 10.7 Å². The van der Waals surface area contributed by atoms with E-state index >= 15 is 0 Å². The van der Waals surface area contributed by atoms with Gasteiger partial charge in [-0.3, -0.25) is 5.41 Å². The molecular formula is C11H12N2O. The van der Waals surface area contributed by atoms with Gasteiger partial charge in [0, 0.05) is 5.56 Å². The van der Waals surface area contributed by atoms with Crippen molar-refractivity contribution in [2.45, 2.75) is 20.0 Å². The summed E-state index contributed by atoms with van der Waals surface area (Å²) in [7, 11) is 0. The van der Waals surface area contributed by atoms with Crippen molar-refractivity contribution in [3.8, 4) is 6.07 Å². The Bertz CT molecular complexity index is 360. The van der Waals surface area contributed by atoms with Gasteiger partial charge >= 0.3 is 0 Å². The highest BCUT2D eigenvalue weighted by atomic mass is 16.5. The van der Waals surface area contributed by atoms with Gasteiger partial charge in [0.05, 0.1) is 17.7 Å². The molecule has 0 atom stereocenters. The van der Waals surface area contributed by atoms with E-state index in [1.807, 2.05) is 19.9 Å². The van der Waals surface area contributed by atoms with Crippen LogP contribution in [0.5, 0.6) is 0 Å². The number of hydrogen-bond donors (Lipinski definition) is 1. The molecule has 0 saturated heterocycles. The molecule has 1 N–H and O–H groups in total. The Morgan fingerprint density at radius 3 is 2.36 bits per heavy atom. The molecule has 0 unspecified atom stereocenters. The molecule has 14 heavy (non-hydrogen) atoms. The van der Waals surface area contributed by atoms with E-state index in [0.29, 0.717) is 11.1 Å². The summed E-state index contributed by atoms with van der Waals surface area (Å²) < 4.78 is 5.21. The van der Waals surface area contributed by atoms with Gasteiger partial charge in [-0.2, -0.15) is 5.26 Å². The topological polar surface area (TPSA) is 56.9 Å². The number of ether oxygens (including phenoxy) is 1. The van der Waals surface area contributed by atoms with Gasteiger partial charge in [0.2, 0.25) is 5.90 Å².